The van der Waals surface area contributed by atoms with E-state index in [0.717, 1.165) is 11.4 Å². The summed E-state index contributed by atoms with van der Waals surface area (Å²) in [6.07, 6.45) is 0. The summed E-state index contributed by atoms with van der Waals surface area (Å²) in [5.41, 5.74) is 29.7. The second-order valence-electron chi connectivity index (χ2n) is 8.79. The Labute approximate surface area is 225 Å². The van der Waals surface area contributed by atoms with Gasteiger partial charge >= 0.3 is 0 Å². The number of anilines is 10. The highest BCUT2D eigenvalue weighted by molar-refractivity contribution is 6.34. The van der Waals surface area contributed by atoms with Gasteiger partial charge < -0.3 is 32.7 Å². The number of nitrogen functional groups attached to an aromatic ring is 4. The first kappa shape index (κ1) is 24.8. The zero-order valence-corrected chi connectivity index (χ0v) is 21.1. The van der Waals surface area contributed by atoms with E-state index in [9.17, 15) is 0 Å². The maximum absolute atomic E-state index is 16.1. The van der Waals surface area contributed by atoms with Gasteiger partial charge in [-0.1, -0.05) is 11.6 Å². The molecule has 0 aliphatic rings. The number of nitrogens with zero attached hydrogens (tertiary/aromatic N) is 2. The maximum atomic E-state index is 16.1. The molecular formula is C30H26ClFN6. The lowest BCUT2D eigenvalue weighted by molar-refractivity contribution is 0.629. The van der Waals surface area contributed by atoms with Crippen molar-refractivity contribution >= 4 is 68.5 Å². The minimum absolute atomic E-state index is 0.267. The molecule has 190 valence electrons. The minimum atomic E-state index is -0.478. The van der Waals surface area contributed by atoms with Crippen LogP contribution in [0.3, 0.4) is 0 Å². The Kier molecular flexibility index (Phi) is 6.68. The van der Waals surface area contributed by atoms with Crippen molar-refractivity contribution < 1.29 is 4.39 Å². The summed E-state index contributed by atoms with van der Waals surface area (Å²) in [5, 5.41) is 0.339. The number of halogens is 2. The quantitative estimate of drug-likeness (QED) is 0.169. The fourth-order valence-corrected chi connectivity index (χ4v) is 4.46. The van der Waals surface area contributed by atoms with Gasteiger partial charge in [0.1, 0.15) is 5.82 Å². The first-order valence-corrected chi connectivity index (χ1v) is 12.2. The van der Waals surface area contributed by atoms with Gasteiger partial charge in [0, 0.05) is 51.6 Å². The van der Waals surface area contributed by atoms with Gasteiger partial charge in [-0.2, -0.15) is 0 Å². The Hall–Kier alpha value is -4.88. The van der Waals surface area contributed by atoms with Gasteiger partial charge in [0.15, 0.2) is 0 Å². The standard InChI is InChI=1S/C30H26ClFN6/c31-27-17-30(38(25-13-5-21(35)6-14-25)26-15-7-22(36)8-16-26)28(32)18-29(27)37(23-9-1-19(33)2-10-23)24-11-3-20(34)4-12-24/h1-18H,33-36H2. The van der Waals surface area contributed by atoms with Crippen LogP contribution in [-0.2, 0) is 0 Å². The lowest BCUT2D eigenvalue weighted by Crippen LogP contribution is -2.14. The molecule has 8 N–H and O–H groups in total. The average Bonchev–Trinajstić information content (AvgIpc) is 2.91. The van der Waals surface area contributed by atoms with Crippen LogP contribution in [-0.4, -0.2) is 0 Å². The van der Waals surface area contributed by atoms with Crippen LogP contribution in [0.15, 0.2) is 109 Å². The van der Waals surface area contributed by atoms with E-state index in [-0.39, 0.29) is 5.69 Å². The molecule has 0 atom stereocenters. The average molecular weight is 525 g/mol. The van der Waals surface area contributed by atoms with Gasteiger partial charge in [-0.3, -0.25) is 0 Å². The van der Waals surface area contributed by atoms with E-state index in [1.165, 1.54) is 6.07 Å². The lowest BCUT2D eigenvalue weighted by Gasteiger charge is -2.30. The summed E-state index contributed by atoms with van der Waals surface area (Å²) in [7, 11) is 0. The van der Waals surface area contributed by atoms with Crippen molar-refractivity contribution in [3.05, 3.63) is 120 Å². The van der Waals surface area contributed by atoms with Crippen LogP contribution in [0.25, 0.3) is 0 Å². The molecule has 5 aromatic rings. The highest BCUT2D eigenvalue weighted by Crippen LogP contribution is 2.44. The molecular weight excluding hydrogens is 499 g/mol. The molecule has 0 aromatic heterocycles. The minimum Gasteiger partial charge on any atom is -0.399 e. The zero-order chi connectivity index (χ0) is 26.8. The summed E-state index contributed by atoms with van der Waals surface area (Å²) in [6.45, 7) is 0. The highest BCUT2D eigenvalue weighted by Gasteiger charge is 2.22. The highest BCUT2D eigenvalue weighted by atomic mass is 35.5. The van der Waals surface area contributed by atoms with Gasteiger partial charge in [0.2, 0.25) is 0 Å². The van der Waals surface area contributed by atoms with E-state index in [1.807, 2.05) is 53.4 Å². The Morgan fingerprint density at radius 3 is 1.05 bits per heavy atom. The third kappa shape index (κ3) is 5.00. The molecule has 0 saturated heterocycles. The van der Waals surface area contributed by atoms with Gasteiger partial charge in [0.05, 0.1) is 16.4 Å². The number of benzene rings is 5. The molecule has 5 aromatic carbocycles. The van der Waals surface area contributed by atoms with E-state index in [0.29, 0.717) is 44.8 Å². The SMILES string of the molecule is Nc1ccc(N(c2ccc(N)cc2)c2cc(Cl)c(N(c3ccc(N)cc3)c3ccc(N)cc3)cc2F)cc1. The normalized spacial score (nSPS) is 10.8. The third-order valence-electron chi connectivity index (χ3n) is 6.10. The largest absolute Gasteiger partial charge is 0.399 e. The molecule has 0 bridgehead atoms. The molecule has 0 unspecified atom stereocenters. The molecule has 5 rings (SSSR count). The molecule has 0 radical (unpaired) electrons. The predicted octanol–water partition coefficient (Wildman–Crippen LogP) is 7.75. The Balaban J connectivity index is 1.67. The molecule has 0 spiro atoms. The molecule has 0 heterocycles. The Bertz CT molecular complexity index is 1340. The summed E-state index contributed by atoms with van der Waals surface area (Å²) < 4.78 is 16.1. The molecule has 6 nitrogen and oxygen atoms in total. The smallest absolute Gasteiger partial charge is 0.149 e. The number of hydrogen-bond donors (Lipinski definition) is 4. The van der Waals surface area contributed by atoms with Crippen molar-refractivity contribution in [2.75, 3.05) is 32.7 Å². The third-order valence-corrected chi connectivity index (χ3v) is 6.41. The van der Waals surface area contributed by atoms with Gasteiger partial charge in [-0.15, -0.1) is 0 Å². The maximum Gasteiger partial charge on any atom is 0.149 e. The van der Waals surface area contributed by atoms with Gasteiger partial charge in [0.25, 0.3) is 0 Å². The molecule has 8 heteroatoms. The van der Waals surface area contributed by atoms with E-state index in [1.54, 1.807) is 59.5 Å². The van der Waals surface area contributed by atoms with E-state index >= 15 is 4.39 Å². The number of hydrogen-bond acceptors (Lipinski definition) is 6. The predicted molar refractivity (Wildman–Crippen MR) is 158 cm³/mol. The molecule has 0 aliphatic heterocycles. The van der Waals surface area contributed by atoms with E-state index in [2.05, 4.69) is 0 Å². The van der Waals surface area contributed by atoms with Crippen molar-refractivity contribution in [3.63, 3.8) is 0 Å². The van der Waals surface area contributed by atoms with Crippen molar-refractivity contribution in [3.8, 4) is 0 Å². The van der Waals surface area contributed by atoms with Crippen molar-refractivity contribution in [2.45, 2.75) is 0 Å². The second-order valence-corrected chi connectivity index (χ2v) is 9.20. The Morgan fingerprint density at radius 1 is 0.447 bits per heavy atom. The molecule has 38 heavy (non-hydrogen) atoms. The summed E-state index contributed by atoms with van der Waals surface area (Å²) >= 11 is 6.90. The first-order chi connectivity index (χ1) is 18.3. The monoisotopic (exact) mass is 524 g/mol. The number of nitrogens with two attached hydrogens (primary N) is 4. The van der Waals surface area contributed by atoms with Crippen LogP contribution >= 0.6 is 11.6 Å². The van der Waals surface area contributed by atoms with Crippen LogP contribution in [0.5, 0.6) is 0 Å². The van der Waals surface area contributed by atoms with E-state index in [4.69, 9.17) is 34.5 Å². The molecule has 0 amide bonds. The number of rotatable bonds is 6. The van der Waals surface area contributed by atoms with Crippen LogP contribution in [0.4, 0.5) is 61.3 Å². The van der Waals surface area contributed by atoms with Gasteiger partial charge in [-0.05, 0) is 103 Å². The van der Waals surface area contributed by atoms with Crippen molar-refractivity contribution in [1.82, 2.24) is 0 Å². The van der Waals surface area contributed by atoms with Crippen LogP contribution < -0.4 is 32.7 Å². The molecule has 0 saturated carbocycles. The van der Waals surface area contributed by atoms with Crippen LogP contribution in [0.2, 0.25) is 5.02 Å². The summed E-state index contributed by atoms with van der Waals surface area (Å²) in [4.78, 5) is 3.62. The Morgan fingerprint density at radius 2 is 0.737 bits per heavy atom. The fraction of sp³-hybridized carbons (Fsp3) is 0. The van der Waals surface area contributed by atoms with Crippen molar-refractivity contribution in [2.24, 2.45) is 0 Å². The summed E-state index contributed by atoms with van der Waals surface area (Å²) in [5.74, 6) is -0.478. The molecule has 0 fully saturated rings. The fourth-order valence-electron chi connectivity index (χ4n) is 4.22. The topological polar surface area (TPSA) is 111 Å². The first-order valence-electron chi connectivity index (χ1n) is 11.8. The zero-order valence-electron chi connectivity index (χ0n) is 20.4. The van der Waals surface area contributed by atoms with E-state index < -0.39 is 5.82 Å². The second kappa shape index (κ2) is 10.2. The molecule has 0 aliphatic carbocycles. The lowest BCUT2D eigenvalue weighted by atomic mass is 10.1. The van der Waals surface area contributed by atoms with Crippen LogP contribution in [0, 0.1) is 5.82 Å². The van der Waals surface area contributed by atoms with Crippen molar-refractivity contribution in [1.29, 1.82) is 0 Å². The van der Waals surface area contributed by atoms with Gasteiger partial charge in [-0.25, -0.2) is 4.39 Å². The van der Waals surface area contributed by atoms with Crippen LogP contribution in [0.1, 0.15) is 0 Å². The summed E-state index contributed by atoms with van der Waals surface area (Å²) in [6, 6.07) is 31.9.